The lowest BCUT2D eigenvalue weighted by Gasteiger charge is -2.13. The van der Waals surface area contributed by atoms with Gasteiger partial charge in [-0.15, -0.1) is 0 Å². The summed E-state index contributed by atoms with van der Waals surface area (Å²) in [6.45, 7) is 6.32. The fourth-order valence-corrected chi connectivity index (χ4v) is 2.21. The van der Waals surface area contributed by atoms with E-state index in [1.165, 1.54) is 17.5 Å². The summed E-state index contributed by atoms with van der Waals surface area (Å²) in [6.07, 6.45) is 2.62. The molecule has 100 valence electrons. The van der Waals surface area contributed by atoms with Gasteiger partial charge in [0.15, 0.2) is 0 Å². The highest BCUT2D eigenvalue weighted by atomic mass is 16.5. The van der Waals surface area contributed by atoms with Crippen molar-refractivity contribution >= 4 is 0 Å². The normalized spacial score (nSPS) is 19.3. The average molecular weight is 249 g/mol. The van der Waals surface area contributed by atoms with E-state index >= 15 is 0 Å². The Bertz CT molecular complexity index is 348. The van der Waals surface area contributed by atoms with E-state index in [4.69, 9.17) is 9.47 Å². The van der Waals surface area contributed by atoms with Crippen molar-refractivity contribution in [1.29, 1.82) is 0 Å². The molecular formula is C15H23NO2. The molecule has 0 amide bonds. The van der Waals surface area contributed by atoms with Crippen molar-refractivity contribution in [3.05, 3.63) is 35.4 Å². The summed E-state index contributed by atoms with van der Waals surface area (Å²) in [4.78, 5) is 0. The van der Waals surface area contributed by atoms with E-state index in [-0.39, 0.29) is 0 Å². The molecule has 1 unspecified atom stereocenters. The molecule has 1 saturated heterocycles. The van der Waals surface area contributed by atoms with Gasteiger partial charge in [0.25, 0.3) is 0 Å². The number of hydrogen-bond donors (Lipinski definition) is 1. The molecule has 3 nitrogen and oxygen atoms in total. The fourth-order valence-electron chi connectivity index (χ4n) is 2.21. The SMILES string of the molecule is CCNCc1ccccc1COCC1CCCO1. The Labute approximate surface area is 109 Å². The van der Waals surface area contributed by atoms with E-state index in [9.17, 15) is 0 Å². The summed E-state index contributed by atoms with van der Waals surface area (Å²) in [5.74, 6) is 0. The van der Waals surface area contributed by atoms with E-state index in [0.717, 1.165) is 32.7 Å². The first kappa shape index (κ1) is 13.5. The maximum Gasteiger partial charge on any atom is 0.0809 e. The van der Waals surface area contributed by atoms with Crippen molar-refractivity contribution in [1.82, 2.24) is 5.32 Å². The molecular weight excluding hydrogens is 226 g/mol. The van der Waals surface area contributed by atoms with Crippen LogP contribution >= 0.6 is 0 Å². The monoisotopic (exact) mass is 249 g/mol. The van der Waals surface area contributed by atoms with Gasteiger partial charge < -0.3 is 14.8 Å². The van der Waals surface area contributed by atoms with Crippen LogP contribution in [0.1, 0.15) is 30.9 Å². The molecule has 1 fully saturated rings. The molecule has 0 radical (unpaired) electrons. The molecule has 2 rings (SSSR count). The van der Waals surface area contributed by atoms with Crippen molar-refractivity contribution in [3.63, 3.8) is 0 Å². The number of nitrogens with one attached hydrogen (secondary N) is 1. The van der Waals surface area contributed by atoms with Gasteiger partial charge in [0, 0.05) is 13.2 Å². The second kappa shape index (κ2) is 7.52. The Hall–Kier alpha value is -0.900. The largest absolute Gasteiger partial charge is 0.376 e. The molecule has 18 heavy (non-hydrogen) atoms. The predicted molar refractivity (Wildman–Crippen MR) is 72.5 cm³/mol. The zero-order chi connectivity index (χ0) is 12.6. The minimum absolute atomic E-state index is 0.311. The molecule has 1 aromatic carbocycles. The van der Waals surface area contributed by atoms with Crippen molar-refractivity contribution in [2.45, 2.75) is 39.0 Å². The van der Waals surface area contributed by atoms with Gasteiger partial charge in [0.05, 0.1) is 19.3 Å². The van der Waals surface area contributed by atoms with Crippen molar-refractivity contribution in [2.24, 2.45) is 0 Å². The van der Waals surface area contributed by atoms with Gasteiger partial charge in [-0.3, -0.25) is 0 Å². The van der Waals surface area contributed by atoms with Crippen LogP contribution in [0.25, 0.3) is 0 Å². The first-order chi connectivity index (χ1) is 8.90. The van der Waals surface area contributed by atoms with Crippen LogP contribution in [-0.2, 0) is 22.6 Å². The Balaban J connectivity index is 1.79. The maximum absolute atomic E-state index is 5.77. The van der Waals surface area contributed by atoms with Crippen LogP contribution in [0.4, 0.5) is 0 Å². The fraction of sp³-hybridized carbons (Fsp3) is 0.600. The highest BCUT2D eigenvalue weighted by molar-refractivity contribution is 5.26. The van der Waals surface area contributed by atoms with Crippen LogP contribution in [0.15, 0.2) is 24.3 Å². The zero-order valence-electron chi connectivity index (χ0n) is 11.2. The van der Waals surface area contributed by atoms with Crippen LogP contribution in [0, 0.1) is 0 Å². The Morgan fingerprint density at radius 2 is 2.17 bits per heavy atom. The Kier molecular flexibility index (Phi) is 5.65. The molecule has 0 bridgehead atoms. The summed E-state index contributed by atoms with van der Waals surface area (Å²) < 4.78 is 11.3. The first-order valence-corrected chi connectivity index (χ1v) is 6.87. The number of hydrogen-bond acceptors (Lipinski definition) is 3. The minimum Gasteiger partial charge on any atom is -0.376 e. The number of ether oxygens (including phenoxy) is 2. The predicted octanol–water partition coefficient (Wildman–Crippen LogP) is 2.49. The molecule has 0 spiro atoms. The summed E-state index contributed by atoms with van der Waals surface area (Å²) in [6, 6.07) is 8.45. The summed E-state index contributed by atoms with van der Waals surface area (Å²) in [5.41, 5.74) is 2.60. The molecule has 1 heterocycles. The highest BCUT2D eigenvalue weighted by Crippen LogP contribution is 2.14. The lowest BCUT2D eigenvalue weighted by molar-refractivity contribution is 0.0104. The van der Waals surface area contributed by atoms with Crippen molar-refractivity contribution in [3.8, 4) is 0 Å². The van der Waals surface area contributed by atoms with E-state index in [1.54, 1.807) is 0 Å². The van der Waals surface area contributed by atoms with Crippen molar-refractivity contribution < 1.29 is 9.47 Å². The van der Waals surface area contributed by atoms with E-state index in [0.29, 0.717) is 12.7 Å². The summed E-state index contributed by atoms with van der Waals surface area (Å²) >= 11 is 0. The Morgan fingerprint density at radius 3 is 2.89 bits per heavy atom. The third-order valence-electron chi connectivity index (χ3n) is 3.27. The summed E-state index contributed by atoms with van der Waals surface area (Å²) in [7, 11) is 0. The quantitative estimate of drug-likeness (QED) is 0.805. The van der Waals surface area contributed by atoms with Crippen LogP contribution in [0.5, 0.6) is 0 Å². The first-order valence-electron chi connectivity index (χ1n) is 6.87. The second-order valence-corrected chi connectivity index (χ2v) is 4.70. The molecule has 3 heteroatoms. The molecule has 1 aliphatic heterocycles. The summed E-state index contributed by atoms with van der Waals surface area (Å²) in [5, 5.41) is 3.36. The lowest BCUT2D eigenvalue weighted by atomic mass is 10.1. The zero-order valence-corrected chi connectivity index (χ0v) is 11.2. The number of rotatable bonds is 7. The maximum atomic E-state index is 5.77. The van der Waals surface area contributed by atoms with E-state index in [2.05, 4.69) is 36.5 Å². The third-order valence-corrected chi connectivity index (χ3v) is 3.27. The standard InChI is InChI=1S/C15H23NO2/c1-2-16-10-13-6-3-4-7-14(13)11-17-12-15-8-5-9-18-15/h3-4,6-7,15-16H,2,5,8-12H2,1H3. The van der Waals surface area contributed by atoms with E-state index in [1.807, 2.05) is 0 Å². The number of benzene rings is 1. The van der Waals surface area contributed by atoms with Gasteiger partial charge >= 0.3 is 0 Å². The van der Waals surface area contributed by atoms with Crippen LogP contribution in [0.3, 0.4) is 0 Å². The van der Waals surface area contributed by atoms with Crippen LogP contribution in [-0.4, -0.2) is 25.9 Å². The second-order valence-electron chi connectivity index (χ2n) is 4.70. The van der Waals surface area contributed by atoms with E-state index < -0.39 is 0 Å². The highest BCUT2D eigenvalue weighted by Gasteiger charge is 2.15. The van der Waals surface area contributed by atoms with Gasteiger partial charge in [-0.05, 0) is 30.5 Å². The molecule has 1 aromatic rings. The van der Waals surface area contributed by atoms with Gasteiger partial charge in [-0.2, -0.15) is 0 Å². The lowest BCUT2D eigenvalue weighted by Crippen LogP contribution is -2.16. The van der Waals surface area contributed by atoms with Gasteiger partial charge in [0.2, 0.25) is 0 Å². The van der Waals surface area contributed by atoms with Crippen LogP contribution < -0.4 is 5.32 Å². The Morgan fingerprint density at radius 1 is 1.33 bits per heavy atom. The topological polar surface area (TPSA) is 30.5 Å². The molecule has 0 aliphatic carbocycles. The molecule has 0 saturated carbocycles. The minimum atomic E-state index is 0.311. The average Bonchev–Trinajstić information content (AvgIpc) is 2.91. The van der Waals surface area contributed by atoms with Crippen molar-refractivity contribution in [2.75, 3.05) is 19.8 Å². The smallest absolute Gasteiger partial charge is 0.0809 e. The van der Waals surface area contributed by atoms with Gasteiger partial charge in [-0.1, -0.05) is 31.2 Å². The molecule has 1 atom stereocenters. The molecule has 1 aliphatic rings. The molecule has 0 aromatic heterocycles. The van der Waals surface area contributed by atoms with Gasteiger partial charge in [-0.25, -0.2) is 0 Å². The third kappa shape index (κ3) is 4.09. The van der Waals surface area contributed by atoms with Gasteiger partial charge in [0.1, 0.15) is 0 Å². The van der Waals surface area contributed by atoms with Crippen LogP contribution in [0.2, 0.25) is 0 Å². The molecule has 1 N–H and O–H groups in total.